The summed E-state index contributed by atoms with van der Waals surface area (Å²) in [4.78, 5) is 28.0. The second-order valence-corrected chi connectivity index (χ2v) is 8.65. The van der Waals surface area contributed by atoms with Gasteiger partial charge in [0.1, 0.15) is 11.5 Å². The fourth-order valence-electron chi connectivity index (χ4n) is 4.11. The molecule has 1 aliphatic heterocycles. The lowest BCUT2D eigenvalue weighted by Gasteiger charge is -2.26. The normalized spacial score (nSPS) is 16.8. The maximum absolute atomic E-state index is 13.3. The molecule has 0 spiro atoms. The Balaban J connectivity index is 1.93. The summed E-state index contributed by atoms with van der Waals surface area (Å²) in [5.74, 6) is -0.505. The molecule has 1 unspecified atom stereocenters. The fourth-order valence-corrected chi connectivity index (χ4v) is 4.40. The Labute approximate surface area is 218 Å². The van der Waals surface area contributed by atoms with Crippen molar-refractivity contribution in [3.63, 3.8) is 0 Å². The van der Waals surface area contributed by atoms with Gasteiger partial charge in [-0.3, -0.25) is 14.5 Å². The van der Waals surface area contributed by atoms with Crippen LogP contribution in [0.15, 0.2) is 66.2 Å². The van der Waals surface area contributed by atoms with Crippen molar-refractivity contribution in [3.8, 4) is 17.2 Å². The molecule has 0 aromatic heterocycles. The quantitative estimate of drug-likeness (QED) is 0.229. The highest BCUT2D eigenvalue weighted by molar-refractivity contribution is 6.51. The highest BCUT2D eigenvalue weighted by atomic mass is 35.5. The predicted molar refractivity (Wildman–Crippen MR) is 138 cm³/mol. The van der Waals surface area contributed by atoms with Crippen LogP contribution in [0.3, 0.4) is 0 Å². The van der Waals surface area contributed by atoms with Crippen LogP contribution in [0.2, 0.25) is 10.0 Å². The molecular formula is C27H23Cl2NO6. The molecule has 0 bridgehead atoms. The lowest BCUT2D eigenvalue weighted by atomic mass is 9.94. The summed E-state index contributed by atoms with van der Waals surface area (Å²) >= 11 is 12.2. The molecule has 1 heterocycles. The number of hydrogen-bond acceptors (Lipinski definition) is 6. The molecule has 9 heteroatoms. The van der Waals surface area contributed by atoms with Gasteiger partial charge in [0.05, 0.1) is 42.5 Å². The molecule has 1 saturated heterocycles. The van der Waals surface area contributed by atoms with Gasteiger partial charge in [-0.15, -0.1) is 0 Å². The number of amides is 1. The Bertz CT molecular complexity index is 1350. The largest absolute Gasteiger partial charge is 0.507 e. The SMILES string of the molecule is CCOc1ccc(N2C(=O)C(=O)/C(=C(\O)c3ccc(Cl)c(Cl)c3)C2c2ccc(OC)c(OC)c2)cc1. The molecule has 3 aromatic carbocycles. The molecule has 1 fully saturated rings. The minimum Gasteiger partial charge on any atom is -0.507 e. The van der Waals surface area contributed by atoms with Crippen molar-refractivity contribution < 1.29 is 28.9 Å². The predicted octanol–water partition coefficient (Wildman–Crippen LogP) is 6.04. The molecule has 3 aromatic rings. The van der Waals surface area contributed by atoms with Crippen LogP contribution in [0.4, 0.5) is 5.69 Å². The Morgan fingerprint density at radius 3 is 2.22 bits per heavy atom. The van der Waals surface area contributed by atoms with E-state index < -0.39 is 17.7 Å². The van der Waals surface area contributed by atoms with Crippen molar-refractivity contribution in [2.45, 2.75) is 13.0 Å². The first-order valence-corrected chi connectivity index (χ1v) is 11.8. The highest BCUT2D eigenvalue weighted by Crippen LogP contribution is 2.44. The van der Waals surface area contributed by atoms with Crippen molar-refractivity contribution in [2.24, 2.45) is 0 Å². The van der Waals surface area contributed by atoms with Gasteiger partial charge in [-0.25, -0.2) is 0 Å². The molecule has 7 nitrogen and oxygen atoms in total. The second-order valence-electron chi connectivity index (χ2n) is 7.84. The van der Waals surface area contributed by atoms with E-state index in [4.69, 9.17) is 37.4 Å². The third-order valence-electron chi connectivity index (χ3n) is 5.79. The van der Waals surface area contributed by atoms with E-state index in [-0.39, 0.29) is 21.9 Å². The molecule has 36 heavy (non-hydrogen) atoms. The standard InChI is InChI=1S/C27H23Cl2NO6/c1-4-36-18-9-7-17(8-10-18)30-24(15-6-12-21(34-2)22(14-15)35-3)23(26(32)27(30)33)25(31)16-5-11-19(28)20(29)13-16/h5-14,24,31H,4H2,1-3H3/b25-23-. The van der Waals surface area contributed by atoms with Gasteiger partial charge in [0.15, 0.2) is 11.5 Å². The smallest absolute Gasteiger partial charge is 0.300 e. The Morgan fingerprint density at radius 2 is 1.61 bits per heavy atom. The van der Waals surface area contributed by atoms with E-state index in [0.29, 0.717) is 40.1 Å². The number of ether oxygens (including phenoxy) is 3. The first kappa shape index (κ1) is 25.4. The summed E-state index contributed by atoms with van der Waals surface area (Å²) < 4.78 is 16.3. The van der Waals surface area contributed by atoms with Gasteiger partial charge in [-0.2, -0.15) is 0 Å². The zero-order valence-electron chi connectivity index (χ0n) is 19.7. The number of ketones is 1. The van der Waals surface area contributed by atoms with E-state index in [9.17, 15) is 14.7 Å². The van der Waals surface area contributed by atoms with Crippen molar-refractivity contribution >= 4 is 46.3 Å². The molecule has 0 saturated carbocycles. The van der Waals surface area contributed by atoms with Crippen LogP contribution in [-0.4, -0.2) is 37.6 Å². The number of anilines is 1. The second kappa shape index (κ2) is 10.5. The molecule has 4 rings (SSSR count). The highest BCUT2D eigenvalue weighted by Gasteiger charge is 2.47. The van der Waals surface area contributed by atoms with Crippen LogP contribution in [0.5, 0.6) is 17.2 Å². The number of halogens is 2. The van der Waals surface area contributed by atoms with Crippen molar-refractivity contribution in [2.75, 3.05) is 25.7 Å². The van der Waals surface area contributed by atoms with Gasteiger partial charge >= 0.3 is 0 Å². The first-order chi connectivity index (χ1) is 17.3. The van der Waals surface area contributed by atoms with Crippen LogP contribution in [0.1, 0.15) is 24.1 Å². The lowest BCUT2D eigenvalue weighted by Crippen LogP contribution is -2.29. The van der Waals surface area contributed by atoms with Crippen molar-refractivity contribution in [3.05, 3.63) is 87.4 Å². The minimum absolute atomic E-state index is 0.0977. The maximum atomic E-state index is 13.3. The van der Waals surface area contributed by atoms with E-state index >= 15 is 0 Å². The van der Waals surface area contributed by atoms with E-state index in [1.54, 1.807) is 42.5 Å². The van der Waals surface area contributed by atoms with Crippen LogP contribution in [0.25, 0.3) is 5.76 Å². The summed E-state index contributed by atoms with van der Waals surface area (Å²) in [6, 6.07) is 15.4. The summed E-state index contributed by atoms with van der Waals surface area (Å²) in [5, 5.41) is 11.8. The Morgan fingerprint density at radius 1 is 0.917 bits per heavy atom. The third kappa shape index (κ3) is 4.59. The number of benzene rings is 3. The molecule has 1 aliphatic rings. The maximum Gasteiger partial charge on any atom is 0.300 e. The molecule has 186 valence electrons. The molecule has 0 aliphatic carbocycles. The van der Waals surface area contributed by atoms with Crippen molar-refractivity contribution in [1.29, 1.82) is 0 Å². The Kier molecular flexibility index (Phi) is 7.43. The summed E-state index contributed by atoms with van der Waals surface area (Å²) in [5.41, 5.74) is 1.13. The number of Topliss-reactive ketones (excluding diaryl/α,β-unsaturated/α-hetero) is 1. The average molecular weight is 528 g/mol. The summed E-state index contributed by atoms with van der Waals surface area (Å²) in [6.07, 6.45) is 0. The third-order valence-corrected chi connectivity index (χ3v) is 6.53. The van der Waals surface area contributed by atoms with Gasteiger partial charge in [-0.05, 0) is 67.1 Å². The average Bonchev–Trinajstić information content (AvgIpc) is 3.15. The number of aliphatic hydroxyl groups excluding tert-OH is 1. The molecule has 1 atom stereocenters. The lowest BCUT2D eigenvalue weighted by molar-refractivity contribution is -0.132. The van der Waals surface area contributed by atoms with Crippen LogP contribution < -0.4 is 19.1 Å². The van der Waals surface area contributed by atoms with Gasteiger partial charge in [0.2, 0.25) is 0 Å². The van der Waals surface area contributed by atoms with Gasteiger partial charge in [0.25, 0.3) is 11.7 Å². The number of rotatable bonds is 7. The number of hydrogen-bond donors (Lipinski definition) is 1. The number of carbonyl (C=O) groups is 2. The number of methoxy groups -OCH3 is 2. The molecule has 1 N–H and O–H groups in total. The zero-order valence-corrected chi connectivity index (χ0v) is 21.3. The van der Waals surface area contributed by atoms with Crippen molar-refractivity contribution in [1.82, 2.24) is 0 Å². The van der Waals surface area contributed by atoms with Gasteiger partial charge in [0, 0.05) is 11.3 Å². The van der Waals surface area contributed by atoms with E-state index in [1.807, 2.05) is 6.92 Å². The first-order valence-electron chi connectivity index (χ1n) is 11.0. The monoisotopic (exact) mass is 527 g/mol. The van der Waals surface area contributed by atoms with E-state index in [1.165, 1.54) is 37.3 Å². The molecular weight excluding hydrogens is 505 g/mol. The molecule has 0 radical (unpaired) electrons. The Hall–Kier alpha value is -3.68. The number of carbonyl (C=O) groups excluding carboxylic acids is 2. The van der Waals surface area contributed by atoms with Crippen LogP contribution in [-0.2, 0) is 9.59 Å². The molecule has 1 amide bonds. The zero-order chi connectivity index (χ0) is 26.0. The van der Waals surface area contributed by atoms with Crippen LogP contribution in [0, 0.1) is 0 Å². The summed E-state index contributed by atoms with van der Waals surface area (Å²) in [6.45, 7) is 2.35. The minimum atomic E-state index is -0.961. The number of aliphatic hydroxyl groups is 1. The van der Waals surface area contributed by atoms with Gasteiger partial charge < -0.3 is 19.3 Å². The number of nitrogens with zero attached hydrogens (tertiary/aromatic N) is 1. The van der Waals surface area contributed by atoms with E-state index in [2.05, 4.69) is 0 Å². The fraction of sp³-hybridized carbons (Fsp3) is 0.185. The van der Waals surface area contributed by atoms with E-state index in [0.717, 1.165) is 0 Å². The summed E-state index contributed by atoms with van der Waals surface area (Å²) in [7, 11) is 2.99. The van der Waals surface area contributed by atoms with Gasteiger partial charge in [-0.1, -0.05) is 29.3 Å². The topological polar surface area (TPSA) is 85.3 Å². The van der Waals surface area contributed by atoms with Crippen LogP contribution >= 0.6 is 23.2 Å².